The molecule has 0 fully saturated rings. The average molecular weight is 385 g/mol. The summed E-state index contributed by atoms with van der Waals surface area (Å²) in [6, 6.07) is 13.6. The molecule has 0 aromatic heterocycles. The van der Waals surface area contributed by atoms with Crippen LogP contribution in [0.3, 0.4) is 0 Å². The summed E-state index contributed by atoms with van der Waals surface area (Å²) in [7, 11) is 2.86. The number of rotatable bonds is 8. The second kappa shape index (κ2) is 10.6. The Bertz CT molecular complexity index is 804. The summed E-state index contributed by atoms with van der Waals surface area (Å²) in [4.78, 5) is 34.9. The molecular formula is C20H23N3O5. The molecule has 2 aromatic carbocycles. The van der Waals surface area contributed by atoms with Gasteiger partial charge >= 0.3 is 12.0 Å². The summed E-state index contributed by atoms with van der Waals surface area (Å²) >= 11 is 0. The number of hydrogen-bond acceptors (Lipinski definition) is 5. The quantitative estimate of drug-likeness (QED) is 0.603. The lowest BCUT2D eigenvalue weighted by Gasteiger charge is -2.09. The van der Waals surface area contributed by atoms with Gasteiger partial charge in [-0.15, -0.1) is 0 Å². The molecule has 0 saturated carbocycles. The molecule has 28 heavy (non-hydrogen) atoms. The molecule has 0 aliphatic carbocycles. The van der Waals surface area contributed by atoms with Crippen LogP contribution in [0.4, 0.5) is 10.5 Å². The Morgan fingerprint density at radius 2 is 1.57 bits per heavy atom. The second-order valence-corrected chi connectivity index (χ2v) is 5.82. The third-order valence-corrected chi connectivity index (χ3v) is 3.88. The number of ether oxygens (including phenoxy) is 2. The number of esters is 1. The van der Waals surface area contributed by atoms with Gasteiger partial charge in [0.1, 0.15) is 12.3 Å². The smallest absolute Gasteiger partial charge is 0.325 e. The Kier molecular flexibility index (Phi) is 7.83. The minimum Gasteiger partial charge on any atom is -0.497 e. The monoisotopic (exact) mass is 385 g/mol. The van der Waals surface area contributed by atoms with E-state index in [1.54, 1.807) is 31.4 Å². The maximum atomic E-state index is 12.0. The molecule has 0 atom stereocenters. The molecule has 0 radical (unpaired) electrons. The van der Waals surface area contributed by atoms with Crippen LogP contribution < -0.4 is 20.7 Å². The van der Waals surface area contributed by atoms with E-state index in [-0.39, 0.29) is 12.6 Å². The Balaban J connectivity index is 1.75. The molecule has 3 amide bonds. The zero-order valence-corrected chi connectivity index (χ0v) is 15.8. The summed E-state index contributed by atoms with van der Waals surface area (Å²) in [5.41, 5.74) is 2.00. The first-order valence-electron chi connectivity index (χ1n) is 8.64. The SMILES string of the molecule is COC(=O)CNC(=O)c1ccc(NC(=O)NCCc2ccc(OC)cc2)cc1. The van der Waals surface area contributed by atoms with Crippen LogP contribution in [-0.4, -0.2) is 45.2 Å². The van der Waals surface area contributed by atoms with Crippen LogP contribution in [0.1, 0.15) is 15.9 Å². The van der Waals surface area contributed by atoms with E-state index in [2.05, 4.69) is 20.7 Å². The van der Waals surface area contributed by atoms with Crippen molar-refractivity contribution < 1.29 is 23.9 Å². The summed E-state index contributed by atoms with van der Waals surface area (Å²) in [5, 5.41) is 7.91. The molecule has 0 unspecified atom stereocenters. The number of nitrogens with one attached hydrogen (secondary N) is 3. The van der Waals surface area contributed by atoms with Crippen molar-refractivity contribution in [3.05, 3.63) is 59.7 Å². The van der Waals surface area contributed by atoms with Crippen molar-refractivity contribution in [1.82, 2.24) is 10.6 Å². The Labute approximate surface area is 163 Å². The number of carbonyl (C=O) groups excluding carboxylic acids is 3. The minimum atomic E-state index is -0.530. The van der Waals surface area contributed by atoms with E-state index in [1.807, 2.05) is 24.3 Å². The fraction of sp³-hybridized carbons (Fsp3) is 0.250. The van der Waals surface area contributed by atoms with E-state index in [9.17, 15) is 14.4 Å². The van der Waals surface area contributed by atoms with Crippen LogP contribution in [-0.2, 0) is 16.0 Å². The van der Waals surface area contributed by atoms with Gasteiger partial charge in [-0.1, -0.05) is 12.1 Å². The topological polar surface area (TPSA) is 106 Å². The van der Waals surface area contributed by atoms with E-state index in [0.29, 0.717) is 24.2 Å². The van der Waals surface area contributed by atoms with E-state index < -0.39 is 11.9 Å². The van der Waals surface area contributed by atoms with Crippen LogP contribution in [0, 0.1) is 0 Å². The van der Waals surface area contributed by atoms with Crippen LogP contribution in [0.2, 0.25) is 0 Å². The number of benzene rings is 2. The lowest BCUT2D eigenvalue weighted by atomic mass is 10.1. The molecule has 8 nitrogen and oxygen atoms in total. The van der Waals surface area contributed by atoms with Gasteiger partial charge < -0.3 is 25.4 Å². The molecule has 0 saturated heterocycles. The van der Waals surface area contributed by atoms with Gasteiger partial charge in [-0.2, -0.15) is 0 Å². The summed E-state index contributed by atoms with van der Waals surface area (Å²) in [6.45, 7) is 0.276. The van der Waals surface area contributed by atoms with E-state index in [4.69, 9.17) is 4.74 Å². The summed E-state index contributed by atoms with van der Waals surface area (Å²) < 4.78 is 9.56. The van der Waals surface area contributed by atoms with Gasteiger partial charge in [-0.25, -0.2) is 4.79 Å². The zero-order valence-electron chi connectivity index (χ0n) is 15.8. The molecule has 0 aliphatic heterocycles. The van der Waals surface area contributed by atoms with Crippen LogP contribution in [0.5, 0.6) is 5.75 Å². The van der Waals surface area contributed by atoms with Gasteiger partial charge in [0.05, 0.1) is 14.2 Å². The normalized spacial score (nSPS) is 9.93. The highest BCUT2D eigenvalue weighted by Gasteiger charge is 2.08. The lowest BCUT2D eigenvalue weighted by Crippen LogP contribution is -2.31. The Hall–Kier alpha value is -3.55. The number of anilines is 1. The number of urea groups is 1. The van der Waals surface area contributed by atoms with Crippen LogP contribution in [0.25, 0.3) is 0 Å². The Morgan fingerprint density at radius 1 is 0.893 bits per heavy atom. The molecule has 0 bridgehead atoms. The van der Waals surface area contributed by atoms with Gasteiger partial charge in [-0.05, 0) is 48.4 Å². The highest BCUT2D eigenvalue weighted by Crippen LogP contribution is 2.12. The average Bonchev–Trinajstić information content (AvgIpc) is 2.72. The number of carbonyl (C=O) groups is 3. The highest BCUT2D eigenvalue weighted by molar-refractivity contribution is 5.96. The number of hydrogen-bond donors (Lipinski definition) is 3. The maximum absolute atomic E-state index is 12.0. The predicted octanol–water partition coefficient (Wildman–Crippen LogP) is 1.96. The number of amides is 3. The molecule has 148 valence electrons. The summed E-state index contributed by atoms with van der Waals surface area (Å²) in [5.74, 6) is -0.143. The van der Waals surface area contributed by atoms with E-state index in [0.717, 1.165) is 11.3 Å². The molecule has 3 N–H and O–H groups in total. The van der Waals surface area contributed by atoms with E-state index >= 15 is 0 Å². The first-order chi connectivity index (χ1) is 13.5. The molecule has 0 aliphatic rings. The van der Waals surface area contributed by atoms with Gasteiger partial charge in [0, 0.05) is 17.8 Å². The number of methoxy groups -OCH3 is 2. The lowest BCUT2D eigenvalue weighted by molar-refractivity contribution is -0.139. The largest absolute Gasteiger partial charge is 0.497 e. The van der Waals surface area contributed by atoms with Crippen molar-refractivity contribution in [3.8, 4) is 5.75 Å². The first kappa shape index (κ1) is 20.8. The third-order valence-electron chi connectivity index (χ3n) is 3.88. The van der Waals surface area contributed by atoms with Crippen molar-refractivity contribution in [2.24, 2.45) is 0 Å². The van der Waals surface area contributed by atoms with Gasteiger partial charge in [-0.3, -0.25) is 9.59 Å². The van der Waals surface area contributed by atoms with Crippen LogP contribution >= 0.6 is 0 Å². The molecule has 0 spiro atoms. The maximum Gasteiger partial charge on any atom is 0.325 e. The minimum absolute atomic E-state index is 0.202. The fourth-order valence-corrected chi connectivity index (χ4v) is 2.32. The van der Waals surface area contributed by atoms with Gasteiger partial charge in [0.2, 0.25) is 0 Å². The third kappa shape index (κ3) is 6.64. The molecule has 8 heteroatoms. The van der Waals surface area contributed by atoms with Gasteiger partial charge in [0.25, 0.3) is 5.91 Å². The van der Waals surface area contributed by atoms with Crippen molar-refractivity contribution in [2.75, 3.05) is 32.6 Å². The first-order valence-corrected chi connectivity index (χ1v) is 8.64. The highest BCUT2D eigenvalue weighted by atomic mass is 16.5. The predicted molar refractivity (Wildman–Crippen MR) is 105 cm³/mol. The van der Waals surface area contributed by atoms with Crippen LogP contribution in [0.15, 0.2) is 48.5 Å². The standard InChI is InChI=1S/C20H23N3O5/c1-27-17-9-3-14(4-10-17)11-12-21-20(26)23-16-7-5-15(6-8-16)19(25)22-13-18(24)28-2/h3-10H,11-13H2,1-2H3,(H,22,25)(H2,21,23,26). The fourth-order valence-electron chi connectivity index (χ4n) is 2.32. The zero-order chi connectivity index (χ0) is 20.4. The van der Waals surface area contributed by atoms with E-state index in [1.165, 1.54) is 7.11 Å². The van der Waals surface area contributed by atoms with Crippen molar-refractivity contribution in [1.29, 1.82) is 0 Å². The van der Waals surface area contributed by atoms with Crippen molar-refractivity contribution in [2.45, 2.75) is 6.42 Å². The molecule has 2 rings (SSSR count). The molecule has 0 heterocycles. The Morgan fingerprint density at radius 3 is 2.18 bits per heavy atom. The molecular weight excluding hydrogens is 362 g/mol. The van der Waals surface area contributed by atoms with Crippen molar-refractivity contribution in [3.63, 3.8) is 0 Å². The summed E-state index contributed by atoms with van der Waals surface area (Å²) in [6.07, 6.45) is 0.691. The van der Waals surface area contributed by atoms with Gasteiger partial charge in [0.15, 0.2) is 0 Å². The van der Waals surface area contributed by atoms with Crippen molar-refractivity contribution >= 4 is 23.6 Å². The molecule has 2 aromatic rings. The second-order valence-electron chi connectivity index (χ2n) is 5.82.